The van der Waals surface area contributed by atoms with Gasteiger partial charge in [-0.1, -0.05) is 56.3 Å². The van der Waals surface area contributed by atoms with Gasteiger partial charge in [0.05, 0.1) is 13.5 Å². The molecule has 0 bridgehead atoms. The van der Waals surface area contributed by atoms with E-state index in [0.29, 0.717) is 13.0 Å². The van der Waals surface area contributed by atoms with Gasteiger partial charge in [-0.25, -0.2) is 0 Å². The predicted molar refractivity (Wildman–Crippen MR) is 140 cm³/mol. The summed E-state index contributed by atoms with van der Waals surface area (Å²) in [5.74, 6) is -0.166. The average Bonchev–Trinajstić information content (AvgIpc) is 3.26. The summed E-state index contributed by atoms with van der Waals surface area (Å²) in [4.78, 5) is 29.1. The van der Waals surface area contributed by atoms with Crippen molar-refractivity contribution in [2.24, 2.45) is 5.41 Å². The third-order valence-corrected chi connectivity index (χ3v) is 7.72. The maximum Gasteiger partial charge on any atom is 0.306 e. The van der Waals surface area contributed by atoms with Crippen LogP contribution in [0.25, 0.3) is 11.1 Å². The van der Waals surface area contributed by atoms with Crippen LogP contribution in [0.5, 0.6) is 0 Å². The second-order valence-electron chi connectivity index (χ2n) is 11.1. The number of rotatable bonds is 8. The Morgan fingerprint density at radius 3 is 2.43 bits per heavy atom. The molecule has 35 heavy (non-hydrogen) atoms. The number of hydrogen-bond donors (Lipinski definition) is 0. The van der Waals surface area contributed by atoms with Crippen molar-refractivity contribution in [1.82, 2.24) is 9.80 Å². The average molecular weight is 477 g/mol. The van der Waals surface area contributed by atoms with E-state index in [4.69, 9.17) is 4.74 Å². The predicted octanol–water partition coefficient (Wildman–Crippen LogP) is 5.24. The van der Waals surface area contributed by atoms with E-state index in [2.05, 4.69) is 54.3 Å². The quantitative estimate of drug-likeness (QED) is 0.489. The second-order valence-corrected chi connectivity index (χ2v) is 11.1. The van der Waals surface area contributed by atoms with Gasteiger partial charge >= 0.3 is 5.97 Å². The Labute approximate surface area is 210 Å². The van der Waals surface area contributed by atoms with Crippen molar-refractivity contribution < 1.29 is 14.3 Å². The first-order chi connectivity index (χ1) is 16.7. The molecule has 2 heterocycles. The molecule has 2 aromatic rings. The summed E-state index contributed by atoms with van der Waals surface area (Å²) >= 11 is 0. The summed E-state index contributed by atoms with van der Waals surface area (Å²) in [5, 5.41) is 0. The maximum atomic E-state index is 12.9. The highest BCUT2D eigenvalue weighted by molar-refractivity contribution is 5.79. The highest BCUT2D eigenvalue weighted by Gasteiger charge is 2.30. The van der Waals surface area contributed by atoms with E-state index >= 15 is 0 Å². The highest BCUT2D eigenvalue weighted by atomic mass is 16.5. The van der Waals surface area contributed by atoms with Crippen LogP contribution in [0.2, 0.25) is 0 Å². The van der Waals surface area contributed by atoms with E-state index in [-0.39, 0.29) is 18.3 Å². The van der Waals surface area contributed by atoms with Gasteiger partial charge in [-0.05, 0) is 72.4 Å². The van der Waals surface area contributed by atoms with Crippen LogP contribution >= 0.6 is 0 Å². The van der Waals surface area contributed by atoms with Gasteiger partial charge in [-0.2, -0.15) is 0 Å². The second kappa shape index (κ2) is 10.9. The lowest BCUT2D eigenvalue weighted by Crippen LogP contribution is -2.38. The van der Waals surface area contributed by atoms with Crippen LogP contribution in [0.3, 0.4) is 0 Å². The zero-order chi connectivity index (χ0) is 25.0. The van der Waals surface area contributed by atoms with Gasteiger partial charge in [0, 0.05) is 32.1 Å². The van der Waals surface area contributed by atoms with Crippen LogP contribution < -0.4 is 0 Å². The topological polar surface area (TPSA) is 49.9 Å². The molecule has 2 aliphatic rings. The number of carbonyl (C=O) groups is 2. The first-order valence-electron chi connectivity index (χ1n) is 13.0. The summed E-state index contributed by atoms with van der Waals surface area (Å²) in [6, 6.07) is 16.4. The molecule has 0 spiro atoms. The van der Waals surface area contributed by atoms with Gasteiger partial charge in [0.15, 0.2) is 0 Å². The Hall–Kier alpha value is -2.66. The lowest BCUT2D eigenvalue weighted by atomic mass is 9.84. The first kappa shape index (κ1) is 25.4. The summed E-state index contributed by atoms with van der Waals surface area (Å²) in [6.45, 7) is 9.98. The minimum atomic E-state index is -0.410. The van der Waals surface area contributed by atoms with Crippen molar-refractivity contribution in [1.29, 1.82) is 0 Å². The molecular formula is C30H40N2O3. The molecule has 1 atom stereocenters. The largest absolute Gasteiger partial charge is 0.469 e. The molecule has 0 aromatic heterocycles. The number of benzene rings is 2. The van der Waals surface area contributed by atoms with Crippen molar-refractivity contribution in [2.45, 2.75) is 71.9 Å². The molecule has 1 saturated heterocycles. The fourth-order valence-electron chi connectivity index (χ4n) is 5.45. The summed E-state index contributed by atoms with van der Waals surface area (Å²) in [7, 11) is 1.39. The Kier molecular flexibility index (Phi) is 7.95. The van der Waals surface area contributed by atoms with Gasteiger partial charge < -0.3 is 14.5 Å². The van der Waals surface area contributed by atoms with E-state index in [1.165, 1.54) is 54.3 Å². The fourth-order valence-corrected chi connectivity index (χ4v) is 5.45. The molecule has 5 nitrogen and oxygen atoms in total. The van der Waals surface area contributed by atoms with Gasteiger partial charge in [-0.3, -0.25) is 9.59 Å². The third-order valence-electron chi connectivity index (χ3n) is 7.72. The van der Waals surface area contributed by atoms with Crippen LogP contribution in [0.1, 0.15) is 63.1 Å². The van der Waals surface area contributed by atoms with Crippen molar-refractivity contribution >= 4 is 11.9 Å². The molecule has 4 rings (SSSR count). The fraction of sp³-hybridized carbons (Fsp3) is 0.533. The van der Waals surface area contributed by atoms with Crippen molar-refractivity contribution in [3.8, 4) is 11.1 Å². The number of ether oxygens (including phenoxy) is 1. The minimum Gasteiger partial charge on any atom is -0.469 e. The molecule has 1 amide bonds. The zero-order valence-corrected chi connectivity index (χ0v) is 21.8. The first-order valence-corrected chi connectivity index (χ1v) is 13.0. The number of amides is 1. The SMILES string of the molecule is COC(=O)CC(C)(C)CC(=O)N1CCc2cc(-c3ccc(CCN4CCCC4C)cc3)ccc2C1. The molecule has 0 aliphatic carbocycles. The number of fused-ring (bicyclic) bond motifs is 1. The van der Waals surface area contributed by atoms with Crippen molar-refractivity contribution in [3.63, 3.8) is 0 Å². The van der Waals surface area contributed by atoms with Crippen LogP contribution in [0, 0.1) is 5.41 Å². The van der Waals surface area contributed by atoms with E-state index in [1.807, 2.05) is 18.7 Å². The monoisotopic (exact) mass is 476 g/mol. The van der Waals surface area contributed by atoms with Gasteiger partial charge in [0.2, 0.25) is 5.91 Å². The Morgan fingerprint density at radius 1 is 1.00 bits per heavy atom. The van der Waals surface area contributed by atoms with Gasteiger partial charge in [0.1, 0.15) is 0 Å². The maximum absolute atomic E-state index is 12.9. The molecule has 0 saturated carbocycles. The van der Waals surface area contributed by atoms with E-state index in [0.717, 1.165) is 32.0 Å². The summed E-state index contributed by atoms with van der Waals surface area (Å²) in [6.07, 6.45) is 5.22. The van der Waals surface area contributed by atoms with Crippen molar-refractivity contribution in [3.05, 3.63) is 59.2 Å². The third kappa shape index (κ3) is 6.52. The minimum absolute atomic E-state index is 0.104. The van der Waals surface area contributed by atoms with Gasteiger partial charge in [-0.15, -0.1) is 0 Å². The molecule has 0 N–H and O–H groups in total. The van der Waals surface area contributed by atoms with Crippen LogP contribution in [0.15, 0.2) is 42.5 Å². The van der Waals surface area contributed by atoms with E-state index in [1.54, 1.807) is 0 Å². The summed E-state index contributed by atoms with van der Waals surface area (Å²) < 4.78 is 4.78. The number of carbonyl (C=O) groups excluding carboxylic acids is 2. The molecule has 188 valence electrons. The Bertz CT molecular complexity index is 1040. The summed E-state index contributed by atoms with van der Waals surface area (Å²) in [5.41, 5.74) is 6.02. The van der Waals surface area contributed by atoms with Crippen LogP contribution in [-0.4, -0.2) is 54.5 Å². The zero-order valence-electron chi connectivity index (χ0n) is 21.8. The molecule has 5 heteroatoms. The normalized spacial score (nSPS) is 18.4. The molecule has 1 unspecified atom stereocenters. The molecule has 2 aliphatic heterocycles. The highest BCUT2D eigenvalue weighted by Crippen LogP contribution is 2.30. The number of esters is 1. The lowest BCUT2D eigenvalue weighted by Gasteiger charge is -2.32. The van der Waals surface area contributed by atoms with E-state index in [9.17, 15) is 9.59 Å². The van der Waals surface area contributed by atoms with Gasteiger partial charge in [0.25, 0.3) is 0 Å². The number of likely N-dealkylation sites (tertiary alicyclic amines) is 1. The molecule has 1 fully saturated rings. The lowest BCUT2D eigenvalue weighted by molar-refractivity contribution is -0.144. The number of hydrogen-bond acceptors (Lipinski definition) is 4. The molecule has 0 radical (unpaired) electrons. The van der Waals surface area contributed by atoms with E-state index < -0.39 is 5.41 Å². The van der Waals surface area contributed by atoms with Crippen LogP contribution in [0.4, 0.5) is 0 Å². The Morgan fingerprint density at radius 2 is 1.74 bits per heavy atom. The molecule has 2 aromatic carbocycles. The van der Waals surface area contributed by atoms with Crippen molar-refractivity contribution in [2.75, 3.05) is 26.7 Å². The standard InChI is InChI=1S/C30H40N2O3/c1-22-6-5-15-31(22)16-13-23-7-9-24(10-8-23)25-11-12-27-21-32(17-14-26(27)18-25)28(33)19-30(2,3)20-29(34)35-4/h7-12,18,22H,5-6,13-17,19-21H2,1-4H3. The number of nitrogens with zero attached hydrogens (tertiary/aromatic N) is 2. The number of methoxy groups -OCH3 is 1. The Balaban J connectivity index is 1.35. The van der Waals surface area contributed by atoms with Crippen LogP contribution in [-0.2, 0) is 33.7 Å². The molecular weight excluding hydrogens is 436 g/mol. The smallest absolute Gasteiger partial charge is 0.306 e.